The Morgan fingerprint density at radius 2 is 0.343 bits per heavy atom. The number of fused-ring (bicyclic) bond motifs is 30. The topological polar surface area (TPSA) is 13.0 Å². The highest BCUT2D eigenvalue weighted by atomic mass is 32.1. The van der Waals surface area contributed by atoms with Gasteiger partial charge in [0.15, 0.2) is 0 Å². The number of anilines is 12. The zero-order valence-corrected chi connectivity index (χ0v) is 74.4. The van der Waals surface area contributed by atoms with E-state index in [0.717, 1.165) is 68.2 Å². The van der Waals surface area contributed by atoms with Crippen molar-refractivity contribution < 1.29 is 0 Å². The van der Waals surface area contributed by atoms with Crippen LogP contribution in [0.2, 0.25) is 0 Å². The van der Waals surface area contributed by atoms with E-state index in [4.69, 9.17) is 0 Å². The van der Waals surface area contributed by atoms with Gasteiger partial charge in [0.2, 0.25) is 0 Å². The summed E-state index contributed by atoms with van der Waals surface area (Å²) in [6, 6.07) is 179. The van der Waals surface area contributed by atoms with Crippen molar-refractivity contribution in [2.45, 2.75) is 0 Å². The normalized spacial score (nSPS) is 11.9. The Balaban J connectivity index is 0.000000137. The van der Waals surface area contributed by atoms with Gasteiger partial charge in [0, 0.05) is 119 Å². The summed E-state index contributed by atoms with van der Waals surface area (Å²) in [4.78, 5) is 9.75. The number of benzene rings is 26. The molecule has 2 aromatic heterocycles. The van der Waals surface area contributed by atoms with Gasteiger partial charge in [-0.05, 0) is 263 Å². The molecule has 0 saturated carbocycles. The second-order valence-electron chi connectivity index (χ2n) is 35.3. The maximum atomic E-state index is 2.47. The molecule has 0 saturated heterocycles. The third-order valence-electron chi connectivity index (χ3n) is 27.8. The van der Waals surface area contributed by atoms with Gasteiger partial charge in [0.1, 0.15) is 0 Å². The second-order valence-corrected chi connectivity index (χ2v) is 37.4. The third kappa shape index (κ3) is 12.7. The minimum Gasteiger partial charge on any atom is -0.310 e. The lowest BCUT2D eigenvalue weighted by Gasteiger charge is -2.28. The van der Waals surface area contributed by atoms with Crippen molar-refractivity contribution in [3.05, 3.63) is 485 Å². The number of thiophene rings is 2. The van der Waals surface area contributed by atoms with Crippen molar-refractivity contribution in [1.29, 1.82) is 0 Å². The molecule has 6 heteroatoms. The molecule has 0 aliphatic heterocycles. The number of para-hydroxylation sites is 2. The first kappa shape index (κ1) is 77.0. The van der Waals surface area contributed by atoms with E-state index in [-0.39, 0.29) is 0 Å². The number of rotatable bonds is 12. The molecule has 0 unspecified atom stereocenters. The first-order chi connectivity index (χ1) is 66.4. The first-order valence-corrected chi connectivity index (χ1v) is 47.6. The van der Waals surface area contributed by atoms with Crippen molar-refractivity contribution in [3.8, 4) is 0 Å². The highest BCUT2D eigenvalue weighted by Crippen LogP contribution is 2.53. The molecule has 28 rings (SSSR count). The van der Waals surface area contributed by atoms with E-state index >= 15 is 0 Å². The SMILES string of the molecule is c1ccc(N(c2ccc3c(c2)sc2c4ccc(N(c5ccccc5)c5ccc6ccc7ccccc7c6c5)cc4c4ccccc4c32)c2ccc3ccc4ccccc4c3c2)cc1.c1ccc2c(N(c3ccc4c(c3)sc3c5ccc(N(c6ccc7ccc8ccccc8c7c6)c6cccc7ccccc67)cc5c5ccccc5c43)c3ccc4ccc5ccccc5c4c3)cccc2c1. The van der Waals surface area contributed by atoms with E-state index in [1.165, 1.54) is 191 Å². The molecule has 2 heterocycles. The zero-order chi connectivity index (χ0) is 88.0. The van der Waals surface area contributed by atoms with Crippen molar-refractivity contribution in [1.82, 2.24) is 0 Å². The molecule has 0 spiro atoms. The monoisotopic (exact) mass is 1740 g/mol. The van der Waals surface area contributed by atoms with Gasteiger partial charge in [0.25, 0.3) is 0 Å². The standard InChI is InChI=1S/C68H42N2S.C60H38N2S/c1-5-19-53-45(15-1)27-29-47-31-33-49(39-61(47)53)69(64-25-11-17-43-13-3-7-21-55(43)64)51-35-37-59-63(41-51)57-23-9-10-24-58(57)67-60-38-36-52(42-66(60)71-68(59)67)70(65-26-12-18-44-14-4-8-22-56(44)65)50-34-32-48-30-28-46-16-2-6-20-54(46)62(48)40-50;1-3-15-43(16-4-1)61(45-29-27-41-25-23-39-13-7-9-19-49(39)55(41)35-45)47-31-33-53-57(37-47)51-21-11-12-22-52(51)59-54-34-32-48(38-58(54)63-60(53)59)62(44-17-5-2-6-18-44)46-30-28-42-26-24-40-14-8-10-20-50(40)56(42)36-46/h1-42H;1-38H. The maximum Gasteiger partial charge on any atom is 0.0540 e. The lowest BCUT2D eigenvalue weighted by molar-refractivity contribution is 1.30. The molecular weight excluding hydrogens is 1660 g/mol. The van der Waals surface area contributed by atoms with E-state index in [9.17, 15) is 0 Å². The van der Waals surface area contributed by atoms with E-state index < -0.39 is 0 Å². The number of nitrogens with zero attached hydrogens (tertiary/aromatic N) is 4. The number of hydrogen-bond donors (Lipinski definition) is 0. The van der Waals surface area contributed by atoms with E-state index in [1.807, 2.05) is 22.7 Å². The molecule has 624 valence electrons. The fraction of sp³-hybridized carbons (Fsp3) is 0. The predicted octanol–water partition coefficient (Wildman–Crippen LogP) is 38.1. The smallest absolute Gasteiger partial charge is 0.0540 e. The summed E-state index contributed by atoms with van der Waals surface area (Å²) in [5, 5.41) is 40.2. The van der Waals surface area contributed by atoms with Crippen molar-refractivity contribution >= 4 is 282 Å². The largest absolute Gasteiger partial charge is 0.310 e. The van der Waals surface area contributed by atoms with Crippen LogP contribution >= 0.6 is 22.7 Å². The molecule has 28 aromatic rings. The van der Waals surface area contributed by atoms with Gasteiger partial charge in [-0.15, -0.1) is 22.7 Å². The van der Waals surface area contributed by atoms with Crippen LogP contribution in [0.4, 0.5) is 68.2 Å². The van der Waals surface area contributed by atoms with Gasteiger partial charge in [0.05, 0.1) is 11.4 Å². The van der Waals surface area contributed by atoms with Crippen LogP contribution in [-0.2, 0) is 0 Å². The highest BCUT2D eigenvalue weighted by Gasteiger charge is 2.26. The Kier molecular flexibility index (Phi) is 18.0. The summed E-state index contributed by atoms with van der Waals surface area (Å²) in [5.41, 5.74) is 13.6. The van der Waals surface area contributed by atoms with Crippen LogP contribution in [0.15, 0.2) is 485 Å². The molecule has 0 N–H and O–H groups in total. The Morgan fingerprint density at radius 3 is 0.679 bits per heavy atom. The molecular formula is C128H80N4S2. The summed E-state index contributed by atoms with van der Waals surface area (Å²) in [7, 11) is 0. The Morgan fingerprint density at radius 1 is 0.119 bits per heavy atom. The van der Waals surface area contributed by atoms with Crippen LogP contribution < -0.4 is 19.6 Å². The fourth-order valence-corrected chi connectivity index (χ4v) is 24.2. The third-order valence-corrected chi connectivity index (χ3v) is 30.2. The van der Waals surface area contributed by atoms with Gasteiger partial charge in [-0.2, -0.15) is 0 Å². The molecule has 0 fully saturated rings. The first-order valence-electron chi connectivity index (χ1n) is 46.0. The Bertz CT molecular complexity index is 9710. The van der Waals surface area contributed by atoms with Gasteiger partial charge < -0.3 is 19.6 Å². The van der Waals surface area contributed by atoms with E-state index in [2.05, 4.69) is 505 Å². The van der Waals surface area contributed by atoms with Crippen LogP contribution in [0.3, 0.4) is 0 Å². The second kappa shape index (κ2) is 31.4. The molecule has 134 heavy (non-hydrogen) atoms. The Hall–Kier alpha value is -17.0. The van der Waals surface area contributed by atoms with Crippen LogP contribution in [-0.4, -0.2) is 0 Å². The molecule has 0 radical (unpaired) electrons. The van der Waals surface area contributed by atoms with Crippen LogP contribution in [0, 0.1) is 0 Å². The number of hydrogen-bond acceptors (Lipinski definition) is 6. The summed E-state index contributed by atoms with van der Waals surface area (Å²) >= 11 is 3.81. The minimum absolute atomic E-state index is 1.12. The minimum atomic E-state index is 1.12. The molecule has 0 amide bonds. The van der Waals surface area contributed by atoms with Crippen LogP contribution in [0.1, 0.15) is 0 Å². The predicted molar refractivity (Wildman–Crippen MR) is 582 cm³/mol. The quantitative estimate of drug-likeness (QED) is 0.113. The van der Waals surface area contributed by atoms with Crippen LogP contribution in [0.25, 0.3) is 191 Å². The molecule has 0 atom stereocenters. The molecule has 0 aliphatic rings. The zero-order valence-electron chi connectivity index (χ0n) is 72.8. The van der Waals surface area contributed by atoms with Crippen molar-refractivity contribution in [2.24, 2.45) is 0 Å². The van der Waals surface area contributed by atoms with Crippen LogP contribution in [0.5, 0.6) is 0 Å². The average molecular weight is 1740 g/mol. The van der Waals surface area contributed by atoms with Crippen molar-refractivity contribution in [3.63, 3.8) is 0 Å². The van der Waals surface area contributed by atoms with E-state index in [0.29, 0.717) is 0 Å². The summed E-state index contributed by atoms with van der Waals surface area (Å²) < 4.78 is 5.15. The van der Waals surface area contributed by atoms with Crippen molar-refractivity contribution in [2.75, 3.05) is 19.6 Å². The molecule has 4 nitrogen and oxygen atoms in total. The summed E-state index contributed by atoms with van der Waals surface area (Å²) in [6.45, 7) is 0. The molecule has 0 aliphatic carbocycles. The molecule has 26 aromatic carbocycles. The summed E-state index contributed by atoms with van der Waals surface area (Å²) in [6.07, 6.45) is 0. The van der Waals surface area contributed by atoms with Gasteiger partial charge in [-0.25, -0.2) is 0 Å². The fourth-order valence-electron chi connectivity index (χ4n) is 21.6. The molecule has 0 bridgehead atoms. The lowest BCUT2D eigenvalue weighted by atomic mass is 9.96. The highest BCUT2D eigenvalue weighted by molar-refractivity contribution is 7.27. The summed E-state index contributed by atoms with van der Waals surface area (Å²) in [5.74, 6) is 0. The lowest BCUT2D eigenvalue weighted by Crippen LogP contribution is -2.10. The Labute approximate surface area is 781 Å². The maximum absolute atomic E-state index is 2.47. The van der Waals surface area contributed by atoms with Gasteiger partial charge in [-0.3, -0.25) is 0 Å². The van der Waals surface area contributed by atoms with Gasteiger partial charge in [-0.1, -0.05) is 352 Å². The average Bonchev–Trinajstić information content (AvgIpc) is 1.57. The van der Waals surface area contributed by atoms with Gasteiger partial charge >= 0.3 is 0 Å². The van der Waals surface area contributed by atoms with E-state index in [1.54, 1.807) is 0 Å².